The van der Waals surface area contributed by atoms with E-state index in [0.29, 0.717) is 52.6 Å². The summed E-state index contributed by atoms with van der Waals surface area (Å²) in [5.74, 6) is 2.60. The Morgan fingerprint density at radius 1 is 1.06 bits per heavy atom. The van der Waals surface area contributed by atoms with E-state index in [9.17, 15) is 0 Å². The molecular formula is C25H24BrClN4O3S. The van der Waals surface area contributed by atoms with Crippen molar-refractivity contribution in [3.05, 3.63) is 86.1 Å². The van der Waals surface area contributed by atoms with E-state index in [0.717, 1.165) is 21.2 Å². The van der Waals surface area contributed by atoms with E-state index in [1.165, 1.54) is 0 Å². The summed E-state index contributed by atoms with van der Waals surface area (Å²) in [6.07, 6.45) is 0. The predicted molar refractivity (Wildman–Crippen MR) is 144 cm³/mol. The zero-order chi connectivity index (χ0) is 24.8. The van der Waals surface area contributed by atoms with Gasteiger partial charge in [0.05, 0.1) is 25.8 Å². The number of aromatic nitrogens is 3. The number of H-pyrrole nitrogens is 1. The predicted octanol–water partition coefficient (Wildman–Crippen LogP) is 6.75. The van der Waals surface area contributed by atoms with Crippen LogP contribution in [0.5, 0.6) is 17.2 Å². The molecule has 4 rings (SSSR count). The van der Waals surface area contributed by atoms with Crippen LogP contribution in [0.4, 0.5) is 0 Å². The van der Waals surface area contributed by atoms with Crippen LogP contribution < -0.4 is 19.6 Å². The molecule has 10 heteroatoms. The van der Waals surface area contributed by atoms with Gasteiger partial charge in [0.1, 0.15) is 12.4 Å². The molecule has 3 aromatic carbocycles. The highest BCUT2D eigenvalue weighted by molar-refractivity contribution is 9.10. The Labute approximate surface area is 222 Å². The first kappa shape index (κ1) is 25.1. The number of nitrogens with zero attached hydrogens (tertiary/aromatic N) is 2. The topological polar surface area (TPSA) is 73.3 Å². The highest BCUT2D eigenvalue weighted by atomic mass is 79.9. The third kappa shape index (κ3) is 5.98. The molecule has 4 aromatic rings. The number of aromatic amines is 1. The Kier molecular flexibility index (Phi) is 8.33. The summed E-state index contributed by atoms with van der Waals surface area (Å²) in [6, 6.07) is 19.1. The molecule has 2 N–H and O–H groups in total. The quantitative estimate of drug-likeness (QED) is 0.204. The monoisotopic (exact) mass is 574 g/mol. The molecule has 35 heavy (non-hydrogen) atoms. The van der Waals surface area contributed by atoms with Gasteiger partial charge in [-0.15, -0.1) is 0 Å². The maximum Gasteiger partial charge on any atom is 0.214 e. The molecule has 7 nitrogen and oxygen atoms in total. The lowest BCUT2D eigenvalue weighted by Gasteiger charge is -2.17. The Hall–Kier alpha value is -3.01. The maximum atomic E-state index is 6.09. The second-order valence-electron chi connectivity index (χ2n) is 7.46. The molecule has 0 aliphatic rings. The van der Waals surface area contributed by atoms with Crippen LogP contribution in [-0.4, -0.2) is 28.6 Å². The lowest BCUT2D eigenvalue weighted by molar-refractivity contribution is 0.269. The smallest absolute Gasteiger partial charge is 0.214 e. The first-order chi connectivity index (χ1) is 17.0. The average molecular weight is 576 g/mol. The van der Waals surface area contributed by atoms with E-state index in [1.807, 2.05) is 67.6 Å². The lowest BCUT2D eigenvalue weighted by atomic mass is 10.2. The molecule has 0 spiro atoms. The van der Waals surface area contributed by atoms with E-state index in [1.54, 1.807) is 11.8 Å². The molecule has 0 aliphatic carbocycles. The summed E-state index contributed by atoms with van der Waals surface area (Å²) in [4.78, 5) is 0. The fourth-order valence-electron chi connectivity index (χ4n) is 3.50. The summed E-state index contributed by atoms with van der Waals surface area (Å²) in [5, 5.41) is 7.90. The standard InChI is InChI=1S/C25H24BrClN4O3S/c1-3-33-22-12-17(20(26)13-23(22)34-15-16-7-6-8-18(27)11-16)14-28-31-24(29-30-25(31)35)19-9-4-5-10-21(19)32-2/h4-13,28H,3,14-15H2,1-2H3,(H,30,35). The van der Waals surface area contributed by atoms with Crippen LogP contribution in [0, 0.1) is 4.77 Å². The van der Waals surface area contributed by atoms with E-state index < -0.39 is 0 Å². The van der Waals surface area contributed by atoms with Gasteiger partial charge in [-0.2, -0.15) is 5.10 Å². The van der Waals surface area contributed by atoms with Gasteiger partial charge in [0.15, 0.2) is 17.3 Å². The third-order valence-electron chi connectivity index (χ3n) is 5.14. The average Bonchev–Trinajstić information content (AvgIpc) is 3.23. The molecule has 0 atom stereocenters. The summed E-state index contributed by atoms with van der Waals surface area (Å²) < 4.78 is 20.4. The first-order valence-electron chi connectivity index (χ1n) is 10.9. The van der Waals surface area contributed by atoms with Gasteiger partial charge >= 0.3 is 0 Å². The molecular weight excluding hydrogens is 552 g/mol. The zero-order valence-corrected chi connectivity index (χ0v) is 22.3. The largest absolute Gasteiger partial charge is 0.496 e. The van der Waals surface area contributed by atoms with Crippen LogP contribution in [-0.2, 0) is 13.2 Å². The molecule has 1 aromatic heterocycles. The van der Waals surface area contributed by atoms with Crippen molar-refractivity contribution in [3.8, 4) is 28.6 Å². The van der Waals surface area contributed by atoms with Gasteiger partial charge in [0, 0.05) is 9.50 Å². The van der Waals surface area contributed by atoms with Crippen molar-refractivity contribution in [2.75, 3.05) is 19.1 Å². The number of hydrogen-bond donors (Lipinski definition) is 2. The van der Waals surface area contributed by atoms with Crippen molar-refractivity contribution in [1.82, 2.24) is 14.9 Å². The van der Waals surface area contributed by atoms with Crippen molar-refractivity contribution >= 4 is 39.7 Å². The van der Waals surface area contributed by atoms with Crippen LogP contribution in [0.25, 0.3) is 11.4 Å². The van der Waals surface area contributed by atoms with Crippen molar-refractivity contribution in [2.24, 2.45) is 0 Å². The Balaban J connectivity index is 1.56. The highest BCUT2D eigenvalue weighted by Crippen LogP contribution is 2.35. The SMILES string of the molecule is CCOc1cc(CNn2c(-c3ccccc3OC)n[nH]c2=S)c(Br)cc1OCc1cccc(Cl)c1. The van der Waals surface area contributed by atoms with Crippen molar-refractivity contribution in [1.29, 1.82) is 0 Å². The lowest BCUT2D eigenvalue weighted by Crippen LogP contribution is -2.16. The van der Waals surface area contributed by atoms with Gasteiger partial charge in [0.25, 0.3) is 0 Å². The maximum absolute atomic E-state index is 6.09. The third-order valence-corrected chi connectivity index (χ3v) is 6.39. The molecule has 0 saturated heterocycles. The minimum Gasteiger partial charge on any atom is -0.496 e. The van der Waals surface area contributed by atoms with Crippen LogP contribution in [0.1, 0.15) is 18.1 Å². The number of nitrogens with one attached hydrogen (secondary N) is 2. The molecule has 0 aliphatic heterocycles. The summed E-state index contributed by atoms with van der Waals surface area (Å²) in [6.45, 7) is 3.26. The van der Waals surface area contributed by atoms with E-state index in [4.69, 9.17) is 38.0 Å². The Morgan fingerprint density at radius 2 is 1.86 bits per heavy atom. The van der Waals surface area contributed by atoms with Crippen LogP contribution in [0.2, 0.25) is 5.02 Å². The Bertz CT molecular complexity index is 1380. The Morgan fingerprint density at radius 3 is 2.63 bits per heavy atom. The van der Waals surface area contributed by atoms with Gasteiger partial charge in [-0.25, -0.2) is 9.77 Å². The minimum atomic E-state index is 0.372. The van der Waals surface area contributed by atoms with Gasteiger partial charge in [-0.3, -0.25) is 0 Å². The molecule has 1 heterocycles. The van der Waals surface area contributed by atoms with Crippen LogP contribution in [0.15, 0.2) is 65.1 Å². The molecule has 182 valence electrons. The van der Waals surface area contributed by atoms with Gasteiger partial charge in [-0.05, 0) is 66.7 Å². The minimum absolute atomic E-state index is 0.372. The summed E-state index contributed by atoms with van der Waals surface area (Å²) in [5.41, 5.74) is 6.09. The van der Waals surface area contributed by atoms with Crippen molar-refractivity contribution in [2.45, 2.75) is 20.1 Å². The van der Waals surface area contributed by atoms with Gasteiger partial charge in [0.2, 0.25) is 4.77 Å². The number of ether oxygens (including phenoxy) is 3. The van der Waals surface area contributed by atoms with E-state index in [-0.39, 0.29) is 0 Å². The normalized spacial score (nSPS) is 10.7. The van der Waals surface area contributed by atoms with Crippen LogP contribution >= 0.6 is 39.7 Å². The van der Waals surface area contributed by atoms with Gasteiger partial charge in [-0.1, -0.05) is 51.8 Å². The molecule has 0 bridgehead atoms. The van der Waals surface area contributed by atoms with Crippen molar-refractivity contribution in [3.63, 3.8) is 0 Å². The zero-order valence-electron chi connectivity index (χ0n) is 19.2. The fourth-order valence-corrected chi connectivity index (χ4v) is 4.37. The number of methoxy groups -OCH3 is 1. The van der Waals surface area contributed by atoms with Crippen LogP contribution in [0.3, 0.4) is 0 Å². The number of benzene rings is 3. The highest BCUT2D eigenvalue weighted by Gasteiger charge is 2.15. The molecule has 0 fully saturated rings. The second-order valence-corrected chi connectivity index (χ2v) is 9.14. The van der Waals surface area contributed by atoms with E-state index >= 15 is 0 Å². The summed E-state index contributed by atoms with van der Waals surface area (Å²) >= 11 is 15.2. The van der Waals surface area contributed by atoms with E-state index in [2.05, 4.69) is 31.6 Å². The number of hydrogen-bond acceptors (Lipinski definition) is 6. The molecule has 0 unspecified atom stereocenters. The van der Waals surface area contributed by atoms with Crippen molar-refractivity contribution < 1.29 is 14.2 Å². The summed E-state index contributed by atoms with van der Waals surface area (Å²) in [7, 11) is 1.63. The first-order valence-corrected chi connectivity index (χ1v) is 12.4. The molecule has 0 radical (unpaired) electrons. The molecule has 0 saturated carbocycles. The van der Waals surface area contributed by atoms with Gasteiger partial charge < -0.3 is 19.6 Å². The molecule has 0 amide bonds. The number of halogens is 2. The second kappa shape index (κ2) is 11.6. The number of rotatable bonds is 10. The fraction of sp³-hybridized carbons (Fsp3) is 0.200. The number of para-hydroxylation sites is 1.